The van der Waals surface area contributed by atoms with Crippen molar-refractivity contribution in [3.63, 3.8) is 0 Å². The van der Waals surface area contributed by atoms with Crippen LogP contribution in [0.15, 0.2) is 10.7 Å². The summed E-state index contributed by atoms with van der Waals surface area (Å²) >= 11 is 3.40. The van der Waals surface area contributed by atoms with Gasteiger partial charge in [-0.15, -0.1) is 0 Å². The fraction of sp³-hybridized carbons (Fsp3) is 0.692. The molecule has 0 amide bonds. The first-order valence-corrected chi connectivity index (χ1v) is 6.91. The van der Waals surface area contributed by atoms with E-state index in [4.69, 9.17) is 4.74 Å². The Morgan fingerprint density at radius 1 is 1.28 bits per heavy atom. The molecule has 102 valence electrons. The molecule has 0 atom stereocenters. The van der Waals surface area contributed by atoms with E-state index >= 15 is 0 Å². The number of nitrogens with zero attached hydrogens (tertiary/aromatic N) is 3. The molecule has 0 spiro atoms. The van der Waals surface area contributed by atoms with E-state index in [1.54, 1.807) is 0 Å². The van der Waals surface area contributed by atoms with Gasteiger partial charge in [-0.2, -0.15) is 4.98 Å². The zero-order valence-electron chi connectivity index (χ0n) is 11.8. The molecule has 1 aromatic heterocycles. The lowest BCUT2D eigenvalue weighted by atomic mass is 9.96. The summed E-state index contributed by atoms with van der Waals surface area (Å²) in [6, 6.07) is 1.81. The minimum absolute atomic E-state index is 0.0779. The Kier molecular flexibility index (Phi) is 5.53. The van der Waals surface area contributed by atoms with Crippen molar-refractivity contribution in [3.8, 4) is 5.88 Å². The highest BCUT2D eigenvalue weighted by molar-refractivity contribution is 9.10. The molecule has 5 heteroatoms. The van der Waals surface area contributed by atoms with E-state index in [1.807, 2.05) is 6.07 Å². The Morgan fingerprint density at radius 2 is 1.94 bits per heavy atom. The van der Waals surface area contributed by atoms with E-state index in [9.17, 15) is 0 Å². The third kappa shape index (κ3) is 5.31. The van der Waals surface area contributed by atoms with Crippen LogP contribution in [0.1, 0.15) is 33.0 Å². The molecule has 1 heterocycles. The Hall–Kier alpha value is -0.680. The van der Waals surface area contributed by atoms with Crippen LogP contribution >= 0.6 is 15.9 Å². The second-order valence-corrected chi connectivity index (χ2v) is 6.42. The normalized spacial score (nSPS) is 11.9. The molecule has 0 unspecified atom stereocenters. The highest BCUT2D eigenvalue weighted by Crippen LogP contribution is 2.23. The average Bonchev–Trinajstić information content (AvgIpc) is 2.22. The quantitative estimate of drug-likeness (QED) is 0.618. The smallest absolute Gasteiger partial charge is 0.217 e. The minimum atomic E-state index is -0.0779. The van der Waals surface area contributed by atoms with Crippen LogP contribution in [-0.4, -0.2) is 42.1 Å². The Bertz CT molecular complexity index is 388. The molecule has 0 radical (unpaired) electrons. The summed E-state index contributed by atoms with van der Waals surface area (Å²) in [5, 5.41) is 0. The second kappa shape index (κ2) is 6.48. The molecule has 0 aromatic carbocycles. The van der Waals surface area contributed by atoms with E-state index in [-0.39, 0.29) is 5.41 Å². The first kappa shape index (κ1) is 15.4. The molecule has 1 rings (SSSR count). The van der Waals surface area contributed by atoms with E-state index in [0.717, 1.165) is 23.4 Å². The fourth-order valence-corrected chi connectivity index (χ4v) is 1.73. The Labute approximate surface area is 118 Å². The van der Waals surface area contributed by atoms with E-state index in [2.05, 4.69) is 65.7 Å². The number of aromatic nitrogens is 2. The molecule has 0 bridgehead atoms. The third-order valence-electron chi connectivity index (χ3n) is 2.34. The van der Waals surface area contributed by atoms with Crippen molar-refractivity contribution >= 4 is 15.9 Å². The average molecular weight is 316 g/mol. The topological polar surface area (TPSA) is 38.2 Å². The molecule has 0 fully saturated rings. The standard InChI is InChI=1S/C13H22BrN3O/c1-13(2,3)12-15-10(14)9-11(16-12)18-8-6-7-17(4)5/h9H,6-8H2,1-5H3. The molecule has 1 aromatic rings. The van der Waals surface area contributed by atoms with Gasteiger partial charge in [0.25, 0.3) is 0 Å². The van der Waals surface area contributed by atoms with E-state index in [0.29, 0.717) is 12.5 Å². The van der Waals surface area contributed by atoms with Crippen molar-refractivity contribution in [3.05, 3.63) is 16.5 Å². The van der Waals surface area contributed by atoms with Gasteiger partial charge in [-0.05, 0) is 36.4 Å². The first-order valence-electron chi connectivity index (χ1n) is 6.11. The monoisotopic (exact) mass is 315 g/mol. The zero-order chi connectivity index (χ0) is 13.8. The maximum Gasteiger partial charge on any atom is 0.217 e. The summed E-state index contributed by atoms with van der Waals surface area (Å²) in [5.41, 5.74) is -0.0779. The number of hydrogen-bond acceptors (Lipinski definition) is 4. The highest BCUT2D eigenvalue weighted by Gasteiger charge is 2.19. The SMILES string of the molecule is CN(C)CCCOc1cc(Br)nc(C(C)(C)C)n1. The van der Waals surface area contributed by atoms with Gasteiger partial charge in [0, 0.05) is 18.0 Å². The molecule has 4 nitrogen and oxygen atoms in total. The number of halogens is 1. The van der Waals surface area contributed by atoms with Gasteiger partial charge in [-0.3, -0.25) is 0 Å². The van der Waals surface area contributed by atoms with E-state index in [1.165, 1.54) is 0 Å². The second-order valence-electron chi connectivity index (χ2n) is 5.61. The lowest BCUT2D eigenvalue weighted by Crippen LogP contribution is -2.18. The maximum absolute atomic E-state index is 5.67. The van der Waals surface area contributed by atoms with Gasteiger partial charge in [-0.1, -0.05) is 20.8 Å². The lowest BCUT2D eigenvalue weighted by molar-refractivity contribution is 0.270. The van der Waals surface area contributed by atoms with Gasteiger partial charge in [0.15, 0.2) is 0 Å². The number of hydrogen-bond donors (Lipinski definition) is 0. The molecular weight excluding hydrogens is 294 g/mol. The summed E-state index contributed by atoms with van der Waals surface area (Å²) in [7, 11) is 4.11. The predicted molar refractivity (Wildman–Crippen MR) is 77.1 cm³/mol. The van der Waals surface area contributed by atoms with Crippen LogP contribution in [0.5, 0.6) is 5.88 Å². The summed E-state index contributed by atoms with van der Waals surface area (Å²) in [5.74, 6) is 1.43. The molecule has 0 saturated heterocycles. The van der Waals surface area contributed by atoms with Gasteiger partial charge >= 0.3 is 0 Å². The van der Waals surface area contributed by atoms with E-state index < -0.39 is 0 Å². The van der Waals surface area contributed by atoms with Crippen molar-refractivity contribution in [2.24, 2.45) is 0 Å². The fourth-order valence-electron chi connectivity index (χ4n) is 1.36. The Balaban J connectivity index is 2.63. The predicted octanol–water partition coefficient (Wildman–Crippen LogP) is 2.87. The molecule has 18 heavy (non-hydrogen) atoms. The largest absolute Gasteiger partial charge is 0.478 e. The number of rotatable bonds is 5. The number of ether oxygens (including phenoxy) is 1. The van der Waals surface area contributed by atoms with Gasteiger partial charge in [-0.25, -0.2) is 4.98 Å². The molecule has 0 aliphatic carbocycles. The summed E-state index contributed by atoms with van der Waals surface area (Å²) in [6.45, 7) is 7.95. The molecule has 0 aliphatic heterocycles. The van der Waals surface area contributed by atoms with Crippen LogP contribution in [0.2, 0.25) is 0 Å². The van der Waals surface area contributed by atoms with Crippen molar-refractivity contribution in [2.75, 3.05) is 27.2 Å². The van der Waals surface area contributed by atoms with Crippen LogP contribution in [0, 0.1) is 0 Å². The summed E-state index contributed by atoms with van der Waals surface area (Å²) in [4.78, 5) is 11.0. The van der Waals surface area contributed by atoms with Crippen LogP contribution in [-0.2, 0) is 5.41 Å². The van der Waals surface area contributed by atoms with Gasteiger partial charge < -0.3 is 9.64 Å². The zero-order valence-corrected chi connectivity index (χ0v) is 13.4. The van der Waals surface area contributed by atoms with Crippen LogP contribution in [0.4, 0.5) is 0 Å². The van der Waals surface area contributed by atoms with Crippen molar-refractivity contribution in [2.45, 2.75) is 32.6 Å². The lowest BCUT2D eigenvalue weighted by Gasteiger charge is -2.17. The Morgan fingerprint density at radius 3 is 2.50 bits per heavy atom. The van der Waals surface area contributed by atoms with Crippen LogP contribution in [0.25, 0.3) is 0 Å². The maximum atomic E-state index is 5.67. The van der Waals surface area contributed by atoms with Gasteiger partial charge in [0.1, 0.15) is 10.4 Å². The minimum Gasteiger partial charge on any atom is -0.478 e. The first-order chi connectivity index (χ1) is 8.29. The highest BCUT2D eigenvalue weighted by atomic mass is 79.9. The van der Waals surface area contributed by atoms with Crippen molar-refractivity contribution < 1.29 is 4.74 Å². The van der Waals surface area contributed by atoms with Crippen LogP contribution < -0.4 is 4.74 Å². The third-order valence-corrected chi connectivity index (χ3v) is 2.75. The van der Waals surface area contributed by atoms with Gasteiger partial charge in [0.2, 0.25) is 5.88 Å². The van der Waals surface area contributed by atoms with Gasteiger partial charge in [0.05, 0.1) is 6.61 Å². The van der Waals surface area contributed by atoms with Crippen molar-refractivity contribution in [1.29, 1.82) is 0 Å². The molecular formula is C13H22BrN3O. The molecule has 0 N–H and O–H groups in total. The van der Waals surface area contributed by atoms with Crippen molar-refractivity contribution in [1.82, 2.24) is 14.9 Å². The van der Waals surface area contributed by atoms with Crippen LogP contribution in [0.3, 0.4) is 0 Å². The molecule has 0 aliphatic rings. The molecule has 0 saturated carbocycles. The summed E-state index contributed by atoms with van der Waals surface area (Å²) < 4.78 is 6.43. The summed E-state index contributed by atoms with van der Waals surface area (Å²) in [6.07, 6.45) is 0.986.